The highest BCUT2D eigenvalue weighted by atomic mass is 32.2. The van der Waals surface area contributed by atoms with Crippen LogP contribution in [0.4, 0.5) is 5.69 Å². The molecular weight excluding hydrogens is 226 g/mol. The smallest absolute Gasteiger partial charge is 0.240 e. The zero-order valence-corrected chi connectivity index (χ0v) is 10.2. The lowest BCUT2D eigenvalue weighted by molar-refractivity contribution is 0.596. The summed E-state index contributed by atoms with van der Waals surface area (Å²) in [4.78, 5) is 1.88. The maximum atomic E-state index is 11.4. The summed E-state index contributed by atoms with van der Waals surface area (Å²) in [5, 5.41) is 5.15. The van der Waals surface area contributed by atoms with Gasteiger partial charge in [0, 0.05) is 6.54 Å². The fourth-order valence-electron chi connectivity index (χ4n) is 1.61. The molecule has 90 valence electrons. The van der Waals surface area contributed by atoms with Gasteiger partial charge in [0.05, 0.1) is 11.9 Å². The second-order valence-corrected chi connectivity index (χ2v) is 5.07. The van der Waals surface area contributed by atoms with E-state index < -0.39 is 10.0 Å². The summed E-state index contributed by atoms with van der Waals surface area (Å²) < 4.78 is 22.8. The molecule has 0 amide bonds. The minimum atomic E-state index is -3.72. The second-order valence-electron chi connectivity index (χ2n) is 3.54. The van der Waals surface area contributed by atoms with Gasteiger partial charge < -0.3 is 10.6 Å². The minimum Gasteiger partial charge on any atom is -0.356 e. The summed E-state index contributed by atoms with van der Waals surface area (Å²) in [5.74, 6) is 0. The third kappa shape index (κ3) is 2.72. The SMILES string of the molecule is CCN(c1ccccc1S(N)(=O)=O)C(C)N. The zero-order valence-electron chi connectivity index (χ0n) is 9.42. The van der Waals surface area contributed by atoms with Crippen LogP contribution in [0.2, 0.25) is 0 Å². The molecule has 0 fully saturated rings. The van der Waals surface area contributed by atoms with Gasteiger partial charge in [0.2, 0.25) is 10.0 Å². The maximum Gasteiger partial charge on any atom is 0.240 e. The number of sulfonamides is 1. The molecule has 1 unspecified atom stereocenters. The van der Waals surface area contributed by atoms with Crippen molar-refractivity contribution in [3.05, 3.63) is 24.3 Å². The van der Waals surface area contributed by atoms with Crippen LogP contribution in [-0.4, -0.2) is 21.1 Å². The molecule has 0 saturated carbocycles. The van der Waals surface area contributed by atoms with Gasteiger partial charge >= 0.3 is 0 Å². The van der Waals surface area contributed by atoms with E-state index in [1.165, 1.54) is 6.07 Å². The largest absolute Gasteiger partial charge is 0.356 e. The van der Waals surface area contributed by atoms with Crippen molar-refractivity contribution in [1.29, 1.82) is 0 Å². The van der Waals surface area contributed by atoms with Gasteiger partial charge in [-0.2, -0.15) is 0 Å². The fraction of sp³-hybridized carbons (Fsp3) is 0.400. The molecule has 16 heavy (non-hydrogen) atoms. The monoisotopic (exact) mass is 243 g/mol. The highest BCUT2D eigenvalue weighted by Crippen LogP contribution is 2.24. The highest BCUT2D eigenvalue weighted by molar-refractivity contribution is 7.89. The van der Waals surface area contributed by atoms with E-state index in [9.17, 15) is 8.42 Å². The molecule has 0 heterocycles. The lowest BCUT2D eigenvalue weighted by atomic mass is 10.2. The summed E-state index contributed by atoms with van der Waals surface area (Å²) in [6, 6.07) is 6.58. The molecule has 1 atom stereocenters. The zero-order chi connectivity index (χ0) is 12.3. The van der Waals surface area contributed by atoms with Crippen molar-refractivity contribution < 1.29 is 8.42 Å². The quantitative estimate of drug-likeness (QED) is 0.752. The summed E-state index contributed by atoms with van der Waals surface area (Å²) in [7, 11) is -3.72. The Hall–Kier alpha value is -1.11. The Morgan fingerprint density at radius 2 is 1.94 bits per heavy atom. The predicted octanol–water partition coefficient (Wildman–Crippen LogP) is 0.465. The number of nitrogens with zero attached hydrogens (tertiary/aromatic N) is 1. The molecule has 0 spiro atoms. The molecule has 0 bridgehead atoms. The van der Waals surface area contributed by atoms with Gasteiger partial charge in [0.1, 0.15) is 4.90 Å². The van der Waals surface area contributed by atoms with Gasteiger partial charge in [-0.05, 0) is 26.0 Å². The third-order valence-electron chi connectivity index (χ3n) is 2.31. The Morgan fingerprint density at radius 1 is 1.38 bits per heavy atom. The van der Waals surface area contributed by atoms with Crippen LogP contribution < -0.4 is 15.8 Å². The van der Waals surface area contributed by atoms with E-state index in [0.717, 1.165) is 0 Å². The van der Waals surface area contributed by atoms with Crippen LogP contribution in [-0.2, 0) is 10.0 Å². The molecule has 0 aromatic heterocycles. The molecule has 0 aliphatic heterocycles. The first-order valence-electron chi connectivity index (χ1n) is 5.02. The Balaban J connectivity index is 3.33. The molecule has 1 aromatic rings. The molecule has 6 heteroatoms. The van der Waals surface area contributed by atoms with Crippen molar-refractivity contribution in [1.82, 2.24) is 0 Å². The number of benzene rings is 1. The fourth-order valence-corrected chi connectivity index (χ4v) is 2.36. The first-order chi connectivity index (χ1) is 7.38. The van der Waals surface area contributed by atoms with E-state index in [1.54, 1.807) is 30.0 Å². The number of nitrogens with two attached hydrogens (primary N) is 2. The summed E-state index contributed by atoms with van der Waals surface area (Å²) in [5.41, 5.74) is 6.33. The minimum absolute atomic E-state index is 0.106. The molecule has 4 N–H and O–H groups in total. The molecule has 0 aliphatic rings. The highest BCUT2D eigenvalue weighted by Gasteiger charge is 2.18. The van der Waals surface area contributed by atoms with E-state index in [-0.39, 0.29) is 11.1 Å². The Bertz CT molecular complexity index is 457. The third-order valence-corrected chi connectivity index (χ3v) is 3.27. The van der Waals surface area contributed by atoms with Gasteiger partial charge in [-0.25, -0.2) is 13.6 Å². The lowest BCUT2D eigenvalue weighted by Gasteiger charge is -2.28. The molecule has 1 aromatic carbocycles. The number of anilines is 1. The van der Waals surface area contributed by atoms with Crippen molar-refractivity contribution in [2.75, 3.05) is 11.4 Å². The van der Waals surface area contributed by atoms with Crippen LogP contribution in [0, 0.1) is 0 Å². The molecular formula is C10H17N3O2S. The van der Waals surface area contributed by atoms with Crippen LogP contribution in [0.15, 0.2) is 29.2 Å². The predicted molar refractivity (Wildman–Crippen MR) is 64.5 cm³/mol. The number of hydrogen-bond donors (Lipinski definition) is 2. The number of para-hydroxylation sites is 1. The van der Waals surface area contributed by atoms with Crippen molar-refractivity contribution in [3.63, 3.8) is 0 Å². The first-order valence-corrected chi connectivity index (χ1v) is 6.56. The molecule has 5 nitrogen and oxygen atoms in total. The van der Waals surface area contributed by atoms with Crippen LogP contribution in [0.1, 0.15) is 13.8 Å². The van der Waals surface area contributed by atoms with Crippen LogP contribution in [0.3, 0.4) is 0 Å². The van der Waals surface area contributed by atoms with Crippen LogP contribution in [0.5, 0.6) is 0 Å². The van der Waals surface area contributed by atoms with Crippen LogP contribution in [0.25, 0.3) is 0 Å². The van der Waals surface area contributed by atoms with E-state index in [2.05, 4.69) is 0 Å². The topological polar surface area (TPSA) is 89.4 Å². The van der Waals surface area contributed by atoms with Gasteiger partial charge in [0.25, 0.3) is 0 Å². The van der Waals surface area contributed by atoms with E-state index in [1.807, 2.05) is 6.92 Å². The Morgan fingerprint density at radius 3 is 2.38 bits per heavy atom. The van der Waals surface area contributed by atoms with E-state index >= 15 is 0 Å². The maximum absolute atomic E-state index is 11.4. The van der Waals surface area contributed by atoms with Gasteiger partial charge in [-0.3, -0.25) is 0 Å². The summed E-state index contributed by atoms with van der Waals surface area (Å²) in [6.45, 7) is 4.32. The van der Waals surface area contributed by atoms with Crippen molar-refractivity contribution >= 4 is 15.7 Å². The van der Waals surface area contributed by atoms with Crippen molar-refractivity contribution in [2.24, 2.45) is 10.9 Å². The molecule has 1 rings (SSSR count). The lowest BCUT2D eigenvalue weighted by Crippen LogP contribution is -2.40. The number of primary sulfonamides is 1. The first kappa shape index (κ1) is 13.0. The van der Waals surface area contributed by atoms with Gasteiger partial charge in [0.15, 0.2) is 0 Å². The summed E-state index contributed by atoms with van der Waals surface area (Å²) in [6.07, 6.45) is -0.270. The molecule has 0 radical (unpaired) electrons. The average Bonchev–Trinajstić information content (AvgIpc) is 2.17. The Kier molecular flexibility index (Phi) is 3.90. The molecule has 0 aliphatic carbocycles. The standard InChI is InChI=1S/C10H17N3O2S/c1-3-13(8(2)11)9-6-4-5-7-10(9)16(12,14)15/h4-8H,3,11H2,1-2H3,(H2,12,14,15). The molecule has 0 saturated heterocycles. The van der Waals surface area contributed by atoms with E-state index in [0.29, 0.717) is 12.2 Å². The average molecular weight is 243 g/mol. The van der Waals surface area contributed by atoms with Crippen LogP contribution >= 0.6 is 0 Å². The summed E-state index contributed by atoms with van der Waals surface area (Å²) >= 11 is 0. The van der Waals surface area contributed by atoms with Crippen molar-refractivity contribution in [3.8, 4) is 0 Å². The van der Waals surface area contributed by atoms with E-state index in [4.69, 9.17) is 10.9 Å². The van der Waals surface area contributed by atoms with Gasteiger partial charge in [-0.15, -0.1) is 0 Å². The normalized spacial score (nSPS) is 13.5. The Labute approximate surface area is 96.1 Å². The van der Waals surface area contributed by atoms with Crippen molar-refractivity contribution in [2.45, 2.75) is 24.9 Å². The number of hydrogen-bond acceptors (Lipinski definition) is 4. The number of rotatable bonds is 4. The second kappa shape index (κ2) is 4.82. The van der Waals surface area contributed by atoms with Gasteiger partial charge in [-0.1, -0.05) is 12.1 Å².